The van der Waals surface area contributed by atoms with E-state index >= 15 is 0 Å². The van der Waals surface area contributed by atoms with Crippen molar-refractivity contribution in [3.63, 3.8) is 0 Å². The highest BCUT2D eigenvalue weighted by Gasteiger charge is 2.03. The fraction of sp³-hybridized carbons (Fsp3) is 0.0833. The Labute approximate surface area is 89.2 Å². The summed E-state index contributed by atoms with van der Waals surface area (Å²) in [5, 5.41) is 0. The lowest BCUT2D eigenvalue weighted by Crippen LogP contribution is -2.11. The summed E-state index contributed by atoms with van der Waals surface area (Å²) in [6.45, 7) is 0. The highest BCUT2D eigenvalue weighted by Crippen LogP contribution is 2.21. The van der Waals surface area contributed by atoms with Crippen LogP contribution in [0, 0.1) is 0 Å². The molecule has 0 atom stereocenters. The van der Waals surface area contributed by atoms with E-state index in [2.05, 4.69) is 4.98 Å². The third-order valence-corrected chi connectivity index (χ3v) is 2.24. The van der Waals surface area contributed by atoms with Gasteiger partial charge in [0.25, 0.3) is 0 Å². The van der Waals surface area contributed by atoms with Gasteiger partial charge in [-0.05, 0) is 24.3 Å². The SMILES string of the molecule is CN(c1ccccc1)c1cccc(N)n1. The number of aromatic nitrogens is 1. The predicted molar refractivity (Wildman–Crippen MR) is 63.2 cm³/mol. The Morgan fingerprint density at radius 1 is 1.00 bits per heavy atom. The van der Waals surface area contributed by atoms with Gasteiger partial charge in [-0.2, -0.15) is 0 Å². The molecule has 3 nitrogen and oxygen atoms in total. The minimum Gasteiger partial charge on any atom is -0.384 e. The van der Waals surface area contributed by atoms with Crippen molar-refractivity contribution in [3.8, 4) is 0 Å². The van der Waals surface area contributed by atoms with Crippen molar-refractivity contribution in [1.82, 2.24) is 4.98 Å². The van der Waals surface area contributed by atoms with Crippen molar-refractivity contribution in [3.05, 3.63) is 48.5 Å². The fourth-order valence-corrected chi connectivity index (χ4v) is 1.41. The van der Waals surface area contributed by atoms with E-state index in [9.17, 15) is 0 Å². The Hall–Kier alpha value is -2.03. The van der Waals surface area contributed by atoms with Crippen molar-refractivity contribution in [2.75, 3.05) is 17.7 Å². The largest absolute Gasteiger partial charge is 0.384 e. The average molecular weight is 199 g/mol. The molecule has 0 aliphatic rings. The van der Waals surface area contributed by atoms with Crippen LogP contribution in [0.3, 0.4) is 0 Å². The molecule has 0 bridgehead atoms. The summed E-state index contributed by atoms with van der Waals surface area (Å²) in [6, 6.07) is 15.7. The molecule has 76 valence electrons. The third-order valence-electron chi connectivity index (χ3n) is 2.24. The molecule has 0 amide bonds. The fourth-order valence-electron chi connectivity index (χ4n) is 1.41. The normalized spacial score (nSPS) is 9.93. The molecule has 0 aliphatic carbocycles. The van der Waals surface area contributed by atoms with Crippen LogP contribution in [0.4, 0.5) is 17.3 Å². The number of hydrogen-bond acceptors (Lipinski definition) is 3. The van der Waals surface area contributed by atoms with E-state index in [1.54, 1.807) is 6.07 Å². The first-order valence-corrected chi connectivity index (χ1v) is 4.79. The Morgan fingerprint density at radius 3 is 2.40 bits per heavy atom. The molecule has 2 rings (SSSR count). The second-order valence-electron chi connectivity index (χ2n) is 3.32. The summed E-state index contributed by atoms with van der Waals surface area (Å²) in [5.74, 6) is 1.39. The zero-order valence-corrected chi connectivity index (χ0v) is 8.59. The van der Waals surface area contributed by atoms with E-state index in [1.807, 2.05) is 54.4 Å². The molecule has 2 N–H and O–H groups in total. The van der Waals surface area contributed by atoms with Gasteiger partial charge in [0.05, 0.1) is 0 Å². The van der Waals surface area contributed by atoms with E-state index in [0.29, 0.717) is 5.82 Å². The third kappa shape index (κ3) is 2.07. The zero-order chi connectivity index (χ0) is 10.7. The van der Waals surface area contributed by atoms with Crippen LogP contribution in [0.1, 0.15) is 0 Å². The first kappa shape index (κ1) is 9.52. The van der Waals surface area contributed by atoms with Gasteiger partial charge in [-0.15, -0.1) is 0 Å². The molecule has 15 heavy (non-hydrogen) atoms. The molecule has 0 spiro atoms. The van der Waals surface area contributed by atoms with Crippen LogP contribution < -0.4 is 10.6 Å². The predicted octanol–water partition coefficient (Wildman–Crippen LogP) is 2.43. The molecule has 3 heteroatoms. The lowest BCUT2D eigenvalue weighted by Gasteiger charge is -2.18. The highest BCUT2D eigenvalue weighted by atomic mass is 15.2. The van der Waals surface area contributed by atoms with Crippen LogP contribution >= 0.6 is 0 Å². The Morgan fingerprint density at radius 2 is 1.73 bits per heavy atom. The number of nitrogens with zero attached hydrogens (tertiary/aromatic N) is 2. The monoisotopic (exact) mass is 199 g/mol. The maximum Gasteiger partial charge on any atom is 0.135 e. The second-order valence-corrected chi connectivity index (χ2v) is 3.32. The van der Waals surface area contributed by atoms with E-state index in [-0.39, 0.29) is 0 Å². The van der Waals surface area contributed by atoms with Gasteiger partial charge in [0.2, 0.25) is 0 Å². The van der Waals surface area contributed by atoms with Gasteiger partial charge in [0.1, 0.15) is 11.6 Å². The van der Waals surface area contributed by atoms with Crippen molar-refractivity contribution in [2.24, 2.45) is 0 Å². The number of nitrogen functional groups attached to an aromatic ring is 1. The Kier molecular flexibility index (Phi) is 2.54. The van der Waals surface area contributed by atoms with Crippen molar-refractivity contribution >= 4 is 17.3 Å². The Bertz CT molecular complexity index is 440. The van der Waals surface area contributed by atoms with E-state index in [0.717, 1.165) is 11.5 Å². The minimum atomic E-state index is 0.537. The first-order chi connectivity index (χ1) is 7.27. The molecule has 1 heterocycles. The minimum absolute atomic E-state index is 0.537. The van der Waals surface area contributed by atoms with E-state index in [1.165, 1.54) is 0 Å². The van der Waals surface area contributed by atoms with Gasteiger partial charge in [0, 0.05) is 12.7 Å². The van der Waals surface area contributed by atoms with Crippen molar-refractivity contribution in [1.29, 1.82) is 0 Å². The molecule has 1 aromatic carbocycles. The molecule has 1 aromatic heterocycles. The van der Waals surface area contributed by atoms with Gasteiger partial charge >= 0.3 is 0 Å². The number of pyridine rings is 1. The summed E-state index contributed by atoms with van der Waals surface area (Å²) < 4.78 is 0. The molecule has 0 aliphatic heterocycles. The van der Waals surface area contributed by atoms with Crippen LogP contribution in [0.2, 0.25) is 0 Å². The topological polar surface area (TPSA) is 42.1 Å². The standard InChI is InChI=1S/C12H13N3/c1-15(10-6-3-2-4-7-10)12-9-5-8-11(13)14-12/h2-9H,1H3,(H2,13,14). The van der Waals surface area contributed by atoms with Gasteiger partial charge in [-0.25, -0.2) is 4.98 Å². The molecule has 0 saturated heterocycles. The number of rotatable bonds is 2. The van der Waals surface area contributed by atoms with E-state index in [4.69, 9.17) is 5.73 Å². The van der Waals surface area contributed by atoms with Crippen LogP contribution in [-0.4, -0.2) is 12.0 Å². The quantitative estimate of drug-likeness (QED) is 0.807. The first-order valence-electron chi connectivity index (χ1n) is 4.79. The summed E-state index contributed by atoms with van der Waals surface area (Å²) in [7, 11) is 1.97. The maximum atomic E-state index is 5.64. The number of para-hydroxylation sites is 1. The summed E-state index contributed by atoms with van der Waals surface area (Å²) in [4.78, 5) is 6.25. The molecular formula is C12H13N3. The van der Waals surface area contributed by atoms with Crippen molar-refractivity contribution < 1.29 is 0 Å². The lowest BCUT2D eigenvalue weighted by molar-refractivity contribution is 1.13. The zero-order valence-electron chi connectivity index (χ0n) is 8.59. The van der Waals surface area contributed by atoms with Crippen LogP contribution in [0.15, 0.2) is 48.5 Å². The van der Waals surface area contributed by atoms with Crippen molar-refractivity contribution in [2.45, 2.75) is 0 Å². The second kappa shape index (κ2) is 4.00. The summed E-state index contributed by atoms with van der Waals surface area (Å²) in [5.41, 5.74) is 6.73. The van der Waals surface area contributed by atoms with Crippen LogP contribution in [0.5, 0.6) is 0 Å². The summed E-state index contributed by atoms with van der Waals surface area (Å²) >= 11 is 0. The molecular weight excluding hydrogens is 186 g/mol. The lowest BCUT2D eigenvalue weighted by atomic mass is 10.3. The smallest absolute Gasteiger partial charge is 0.135 e. The highest BCUT2D eigenvalue weighted by molar-refractivity contribution is 5.59. The van der Waals surface area contributed by atoms with Gasteiger partial charge in [-0.3, -0.25) is 0 Å². The molecule has 0 unspecified atom stereocenters. The van der Waals surface area contributed by atoms with E-state index < -0.39 is 0 Å². The average Bonchev–Trinajstić information content (AvgIpc) is 2.29. The van der Waals surface area contributed by atoms with Gasteiger partial charge in [-0.1, -0.05) is 24.3 Å². The number of nitrogens with two attached hydrogens (primary N) is 1. The molecule has 2 aromatic rings. The Balaban J connectivity index is 2.32. The number of hydrogen-bond donors (Lipinski definition) is 1. The molecule has 0 saturated carbocycles. The maximum absolute atomic E-state index is 5.64. The number of benzene rings is 1. The van der Waals surface area contributed by atoms with Crippen LogP contribution in [-0.2, 0) is 0 Å². The number of anilines is 3. The van der Waals surface area contributed by atoms with Crippen LogP contribution in [0.25, 0.3) is 0 Å². The summed E-state index contributed by atoms with van der Waals surface area (Å²) in [6.07, 6.45) is 0. The molecule has 0 radical (unpaired) electrons. The van der Waals surface area contributed by atoms with Gasteiger partial charge < -0.3 is 10.6 Å². The molecule has 0 fully saturated rings. The van der Waals surface area contributed by atoms with Gasteiger partial charge in [0.15, 0.2) is 0 Å².